The van der Waals surface area contributed by atoms with Crippen molar-refractivity contribution in [2.24, 2.45) is 5.92 Å². The van der Waals surface area contributed by atoms with Gasteiger partial charge in [0.2, 0.25) is 0 Å². The minimum atomic E-state index is -0.869. The largest absolute Gasteiger partial charge is 0.478 e. The average Bonchev–Trinajstić information content (AvgIpc) is 2.53. The summed E-state index contributed by atoms with van der Waals surface area (Å²) >= 11 is 0. The minimum absolute atomic E-state index is 0.333. The van der Waals surface area contributed by atoms with E-state index in [4.69, 9.17) is 9.52 Å². The summed E-state index contributed by atoms with van der Waals surface area (Å²) in [5.74, 6) is 0.535. The molecule has 1 atom stereocenters. The molecule has 0 fully saturated rings. The van der Waals surface area contributed by atoms with E-state index >= 15 is 0 Å². The molecule has 1 N–H and O–H groups in total. The summed E-state index contributed by atoms with van der Waals surface area (Å²) in [6, 6.07) is 1.99. The number of fused-ring (bicyclic) bond motifs is 1. The molecule has 1 aliphatic rings. The summed E-state index contributed by atoms with van der Waals surface area (Å²) in [5, 5.41) is 8.56. The van der Waals surface area contributed by atoms with Crippen LogP contribution in [0.2, 0.25) is 0 Å². The van der Waals surface area contributed by atoms with Gasteiger partial charge < -0.3 is 9.52 Å². The molecule has 3 nitrogen and oxygen atoms in total. The molecular formula is C12H14O3. The van der Waals surface area contributed by atoms with E-state index in [1.807, 2.05) is 6.07 Å². The number of carbonyl (C=O) groups is 1. The van der Waals surface area contributed by atoms with E-state index < -0.39 is 5.97 Å². The number of hydrogen-bond acceptors (Lipinski definition) is 2. The lowest BCUT2D eigenvalue weighted by Gasteiger charge is -2.06. The van der Waals surface area contributed by atoms with Gasteiger partial charge in [0.15, 0.2) is 0 Å². The second-order valence-electron chi connectivity index (χ2n) is 3.92. The Balaban J connectivity index is 2.08. The maximum atomic E-state index is 10.4. The van der Waals surface area contributed by atoms with Crippen LogP contribution in [-0.2, 0) is 17.6 Å². The Morgan fingerprint density at radius 3 is 3.27 bits per heavy atom. The molecular weight excluding hydrogens is 192 g/mol. The third-order valence-corrected chi connectivity index (χ3v) is 2.81. The molecule has 0 spiro atoms. The summed E-state index contributed by atoms with van der Waals surface area (Å²) in [5.41, 5.74) is 1.23. The highest BCUT2D eigenvalue weighted by Crippen LogP contribution is 2.25. The monoisotopic (exact) mass is 206 g/mol. The fourth-order valence-electron chi connectivity index (χ4n) is 2.06. The lowest BCUT2D eigenvalue weighted by molar-refractivity contribution is -0.131. The van der Waals surface area contributed by atoms with Crippen molar-refractivity contribution in [2.45, 2.75) is 25.7 Å². The van der Waals surface area contributed by atoms with Gasteiger partial charge in [0.05, 0.1) is 6.26 Å². The van der Waals surface area contributed by atoms with Crippen LogP contribution in [-0.4, -0.2) is 11.1 Å². The molecule has 1 aliphatic carbocycles. The van der Waals surface area contributed by atoms with Crippen LogP contribution >= 0.6 is 0 Å². The van der Waals surface area contributed by atoms with Gasteiger partial charge in [-0.15, -0.1) is 0 Å². The molecule has 0 saturated heterocycles. The zero-order valence-electron chi connectivity index (χ0n) is 8.48. The van der Waals surface area contributed by atoms with E-state index in [2.05, 4.69) is 0 Å². The topological polar surface area (TPSA) is 50.4 Å². The number of furan rings is 1. The molecule has 0 radical (unpaired) electrons. The smallest absolute Gasteiger partial charge is 0.327 e. The summed E-state index contributed by atoms with van der Waals surface area (Å²) < 4.78 is 5.37. The van der Waals surface area contributed by atoms with E-state index in [1.54, 1.807) is 12.3 Å². The van der Waals surface area contributed by atoms with Crippen LogP contribution in [0.1, 0.15) is 24.2 Å². The van der Waals surface area contributed by atoms with Gasteiger partial charge in [0.25, 0.3) is 0 Å². The van der Waals surface area contributed by atoms with Crippen molar-refractivity contribution in [3.63, 3.8) is 0 Å². The molecule has 0 saturated carbocycles. The molecule has 15 heavy (non-hydrogen) atoms. The predicted molar refractivity (Wildman–Crippen MR) is 55.6 cm³/mol. The first kappa shape index (κ1) is 10.0. The lowest BCUT2D eigenvalue weighted by atomic mass is 9.98. The molecule has 1 unspecified atom stereocenters. The number of carboxylic acid groups (broad SMARTS) is 1. The fraction of sp³-hybridized carbons (Fsp3) is 0.417. The van der Waals surface area contributed by atoms with Gasteiger partial charge in [-0.1, -0.05) is 6.08 Å². The highest BCUT2D eigenvalue weighted by molar-refractivity contribution is 5.79. The Bertz CT molecular complexity index is 376. The lowest BCUT2D eigenvalue weighted by Crippen LogP contribution is -2.00. The molecule has 1 heterocycles. The Labute approximate surface area is 88.4 Å². The van der Waals surface area contributed by atoms with Gasteiger partial charge in [-0.3, -0.25) is 0 Å². The number of aryl methyl sites for hydroxylation is 1. The van der Waals surface area contributed by atoms with Gasteiger partial charge in [0, 0.05) is 12.5 Å². The summed E-state index contributed by atoms with van der Waals surface area (Å²) in [6.45, 7) is 0. The molecule has 0 amide bonds. The van der Waals surface area contributed by atoms with Crippen LogP contribution in [0, 0.1) is 5.92 Å². The minimum Gasteiger partial charge on any atom is -0.478 e. The summed E-state index contributed by atoms with van der Waals surface area (Å²) in [7, 11) is 0. The zero-order chi connectivity index (χ0) is 10.7. The van der Waals surface area contributed by atoms with Crippen LogP contribution in [0.25, 0.3) is 0 Å². The van der Waals surface area contributed by atoms with Gasteiger partial charge in [-0.05, 0) is 36.8 Å². The number of hydrogen-bond donors (Lipinski definition) is 1. The van der Waals surface area contributed by atoms with Gasteiger partial charge in [-0.2, -0.15) is 0 Å². The van der Waals surface area contributed by atoms with E-state index in [0.717, 1.165) is 31.4 Å². The molecule has 1 aromatic rings. The summed E-state index contributed by atoms with van der Waals surface area (Å²) in [4.78, 5) is 10.4. The van der Waals surface area contributed by atoms with Gasteiger partial charge >= 0.3 is 5.97 Å². The SMILES string of the molecule is O=C(O)/C=C/C1CCCc2occc2C1. The van der Waals surface area contributed by atoms with E-state index in [-0.39, 0.29) is 0 Å². The standard InChI is InChI=1S/C12H14O3/c13-12(14)5-4-9-2-1-3-11-10(8-9)6-7-15-11/h4-7,9H,1-3,8H2,(H,13,14)/b5-4+. The first-order chi connectivity index (χ1) is 7.25. The fourth-order valence-corrected chi connectivity index (χ4v) is 2.06. The predicted octanol–water partition coefficient (Wildman–Crippen LogP) is 2.42. The van der Waals surface area contributed by atoms with E-state index in [1.165, 1.54) is 11.6 Å². The van der Waals surface area contributed by atoms with Crippen molar-refractivity contribution in [2.75, 3.05) is 0 Å². The van der Waals surface area contributed by atoms with E-state index in [0.29, 0.717) is 5.92 Å². The van der Waals surface area contributed by atoms with Crippen molar-refractivity contribution in [1.29, 1.82) is 0 Å². The van der Waals surface area contributed by atoms with Crippen LogP contribution in [0.15, 0.2) is 28.9 Å². The second-order valence-corrected chi connectivity index (χ2v) is 3.92. The van der Waals surface area contributed by atoms with Crippen molar-refractivity contribution < 1.29 is 14.3 Å². The van der Waals surface area contributed by atoms with Crippen molar-refractivity contribution >= 4 is 5.97 Å². The average molecular weight is 206 g/mol. The van der Waals surface area contributed by atoms with E-state index in [9.17, 15) is 4.79 Å². The third-order valence-electron chi connectivity index (χ3n) is 2.81. The normalized spacial score (nSPS) is 21.2. The molecule has 80 valence electrons. The summed E-state index contributed by atoms with van der Waals surface area (Å²) in [6.07, 6.45) is 8.73. The first-order valence-electron chi connectivity index (χ1n) is 5.22. The molecule has 0 bridgehead atoms. The Hall–Kier alpha value is -1.51. The highest BCUT2D eigenvalue weighted by Gasteiger charge is 2.16. The molecule has 0 aliphatic heterocycles. The van der Waals surface area contributed by atoms with Gasteiger partial charge in [0.1, 0.15) is 5.76 Å². The van der Waals surface area contributed by atoms with Crippen LogP contribution < -0.4 is 0 Å². The van der Waals surface area contributed by atoms with Crippen molar-refractivity contribution in [1.82, 2.24) is 0 Å². The van der Waals surface area contributed by atoms with Crippen LogP contribution in [0.4, 0.5) is 0 Å². The number of aliphatic carboxylic acids is 1. The van der Waals surface area contributed by atoms with Crippen molar-refractivity contribution in [3.05, 3.63) is 35.8 Å². The maximum Gasteiger partial charge on any atom is 0.327 e. The molecule has 3 heteroatoms. The number of rotatable bonds is 2. The van der Waals surface area contributed by atoms with Crippen LogP contribution in [0.5, 0.6) is 0 Å². The zero-order valence-corrected chi connectivity index (χ0v) is 8.48. The maximum absolute atomic E-state index is 10.4. The van der Waals surface area contributed by atoms with Crippen LogP contribution in [0.3, 0.4) is 0 Å². The number of allylic oxidation sites excluding steroid dienone is 1. The Morgan fingerprint density at radius 2 is 2.47 bits per heavy atom. The first-order valence-corrected chi connectivity index (χ1v) is 5.22. The van der Waals surface area contributed by atoms with Gasteiger partial charge in [-0.25, -0.2) is 4.79 Å². The quantitative estimate of drug-likeness (QED) is 0.597. The Morgan fingerprint density at radius 1 is 1.60 bits per heavy atom. The second kappa shape index (κ2) is 4.34. The molecule has 2 rings (SSSR count). The number of carboxylic acids is 1. The molecule has 0 aromatic carbocycles. The third kappa shape index (κ3) is 2.49. The molecule has 1 aromatic heterocycles. The Kier molecular flexibility index (Phi) is 2.90. The highest BCUT2D eigenvalue weighted by atomic mass is 16.4. The van der Waals surface area contributed by atoms with Crippen molar-refractivity contribution in [3.8, 4) is 0 Å².